The predicted octanol–water partition coefficient (Wildman–Crippen LogP) is 1.89. The van der Waals surface area contributed by atoms with E-state index < -0.39 is 0 Å². The quantitative estimate of drug-likeness (QED) is 0.804. The summed E-state index contributed by atoms with van der Waals surface area (Å²) < 4.78 is 0. The molecule has 0 amide bonds. The number of rotatable bonds is 2. The Kier molecular flexibility index (Phi) is 2.58. The summed E-state index contributed by atoms with van der Waals surface area (Å²) in [6.07, 6.45) is 3.53. The molecule has 4 heteroatoms. The predicted molar refractivity (Wildman–Crippen MR) is 59.5 cm³/mol. The summed E-state index contributed by atoms with van der Waals surface area (Å²) in [7, 11) is 1.79. The molecule has 2 aromatic heterocycles. The average Bonchev–Trinajstić information content (AvgIpc) is 2.29. The van der Waals surface area contributed by atoms with Crippen LogP contribution in [0.3, 0.4) is 0 Å². The number of pyridine rings is 1. The summed E-state index contributed by atoms with van der Waals surface area (Å²) in [5.41, 5.74) is 2.82. The van der Waals surface area contributed by atoms with Crippen molar-refractivity contribution in [2.75, 3.05) is 12.4 Å². The van der Waals surface area contributed by atoms with Gasteiger partial charge in [-0.05, 0) is 19.1 Å². The molecule has 0 atom stereocenters. The molecule has 2 heterocycles. The van der Waals surface area contributed by atoms with Crippen LogP contribution < -0.4 is 5.32 Å². The van der Waals surface area contributed by atoms with Crippen LogP contribution in [0.15, 0.2) is 30.6 Å². The van der Waals surface area contributed by atoms with Crippen LogP contribution in [0.25, 0.3) is 11.3 Å². The number of hydrogen-bond acceptors (Lipinski definition) is 4. The number of hydrogen-bond donors (Lipinski definition) is 1. The van der Waals surface area contributed by atoms with E-state index in [0.29, 0.717) is 5.95 Å². The minimum atomic E-state index is 0.617. The third kappa shape index (κ3) is 2.10. The Balaban J connectivity index is 2.37. The van der Waals surface area contributed by atoms with E-state index in [1.165, 1.54) is 0 Å². The zero-order chi connectivity index (χ0) is 10.7. The van der Waals surface area contributed by atoms with Crippen molar-refractivity contribution in [1.29, 1.82) is 0 Å². The molecule has 0 aliphatic rings. The van der Waals surface area contributed by atoms with E-state index >= 15 is 0 Å². The molecule has 0 saturated carbocycles. The molecule has 0 aromatic carbocycles. The van der Waals surface area contributed by atoms with Crippen molar-refractivity contribution in [3.63, 3.8) is 0 Å². The maximum absolute atomic E-state index is 4.40. The lowest BCUT2D eigenvalue weighted by atomic mass is 10.2. The van der Waals surface area contributed by atoms with Crippen LogP contribution in [0.5, 0.6) is 0 Å². The number of anilines is 1. The Morgan fingerprint density at radius 3 is 2.47 bits per heavy atom. The number of aromatic nitrogens is 3. The average molecular weight is 200 g/mol. The fraction of sp³-hybridized carbons (Fsp3) is 0.182. The fourth-order valence-electron chi connectivity index (χ4n) is 1.29. The highest BCUT2D eigenvalue weighted by Gasteiger charge is 2.00. The van der Waals surface area contributed by atoms with Crippen molar-refractivity contribution in [2.45, 2.75) is 6.92 Å². The van der Waals surface area contributed by atoms with E-state index in [0.717, 1.165) is 17.0 Å². The van der Waals surface area contributed by atoms with Crippen LogP contribution in [0.4, 0.5) is 5.95 Å². The van der Waals surface area contributed by atoms with E-state index in [-0.39, 0.29) is 0 Å². The van der Waals surface area contributed by atoms with Gasteiger partial charge in [-0.2, -0.15) is 0 Å². The summed E-state index contributed by atoms with van der Waals surface area (Å²) in [5.74, 6) is 0.617. The lowest BCUT2D eigenvalue weighted by molar-refractivity contribution is 1.13. The van der Waals surface area contributed by atoms with Gasteiger partial charge in [0.15, 0.2) is 0 Å². The summed E-state index contributed by atoms with van der Waals surface area (Å²) in [4.78, 5) is 12.7. The van der Waals surface area contributed by atoms with Crippen molar-refractivity contribution in [2.24, 2.45) is 0 Å². The Morgan fingerprint density at radius 2 is 1.87 bits per heavy atom. The first-order valence-electron chi connectivity index (χ1n) is 4.73. The monoisotopic (exact) mass is 200 g/mol. The van der Waals surface area contributed by atoms with Crippen LogP contribution in [-0.2, 0) is 0 Å². The second-order valence-electron chi connectivity index (χ2n) is 3.21. The minimum absolute atomic E-state index is 0.617. The van der Waals surface area contributed by atoms with Gasteiger partial charge in [0.2, 0.25) is 5.95 Å². The van der Waals surface area contributed by atoms with Crippen LogP contribution >= 0.6 is 0 Å². The van der Waals surface area contributed by atoms with E-state index in [1.54, 1.807) is 19.4 Å². The molecule has 0 aliphatic carbocycles. The van der Waals surface area contributed by atoms with Gasteiger partial charge in [0.1, 0.15) is 0 Å². The van der Waals surface area contributed by atoms with Crippen LogP contribution in [0.2, 0.25) is 0 Å². The summed E-state index contributed by atoms with van der Waals surface area (Å²) >= 11 is 0. The molecule has 15 heavy (non-hydrogen) atoms. The summed E-state index contributed by atoms with van der Waals surface area (Å²) in [6, 6.07) is 5.89. The molecule has 0 unspecified atom stereocenters. The number of nitrogens with zero attached hydrogens (tertiary/aromatic N) is 3. The summed E-state index contributed by atoms with van der Waals surface area (Å²) in [5, 5.41) is 2.87. The lowest BCUT2D eigenvalue weighted by Crippen LogP contribution is -1.96. The van der Waals surface area contributed by atoms with E-state index in [9.17, 15) is 0 Å². The van der Waals surface area contributed by atoms with Crippen molar-refractivity contribution in [3.05, 3.63) is 36.3 Å². The third-order valence-electron chi connectivity index (χ3n) is 2.06. The molecule has 76 valence electrons. The van der Waals surface area contributed by atoms with Gasteiger partial charge in [0.05, 0.1) is 5.69 Å². The molecular formula is C11H12N4. The first-order valence-corrected chi connectivity index (χ1v) is 4.73. The zero-order valence-electron chi connectivity index (χ0n) is 8.73. The third-order valence-corrected chi connectivity index (χ3v) is 2.06. The molecule has 0 aliphatic heterocycles. The molecule has 0 saturated heterocycles. The standard InChI is InChI=1S/C11H12N4/c1-8-4-3-5-10(15-8)9-6-13-11(12-2)14-7-9/h3-7H,1-2H3,(H,12,13,14). The minimum Gasteiger partial charge on any atom is -0.357 e. The molecule has 0 bridgehead atoms. The maximum atomic E-state index is 4.40. The highest BCUT2D eigenvalue weighted by Crippen LogP contribution is 2.15. The molecule has 0 spiro atoms. The fourth-order valence-corrected chi connectivity index (χ4v) is 1.29. The van der Waals surface area contributed by atoms with E-state index in [1.807, 2.05) is 25.1 Å². The zero-order valence-corrected chi connectivity index (χ0v) is 8.73. The topological polar surface area (TPSA) is 50.7 Å². The second-order valence-corrected chi connectivity index (χ2v) is 3.21. The SMILES string of the molecule is CNc1ncc(-c2cccc(C)n2)cn1. The van der Waals surface area contributed by atoms with E-state index in [2.05, 4.69) is 20.3 Å². The highest BCUT2D eigenvalue weighted by molar-refractivity contribution is 5.57. The molecule has 0 fully saturated rings. The highest BCUT2D eigenvalue weighted by atomic mass is 15.1. The van der Waals surface area contributed by atoms with Crippen molar-refractivity contribution in [3.8, 4) is 11.3 Å². The second kappa shape index (κ2) is 4.04. The van der Waals surface area contributed by atoms with Gasteiger partial charge in [-0.15, -0.1) is 0 Å². The van der Waals surface area contributed by atoms with Crippen molar-refractivity contribution < 1.29 is 0 Å². The lowest BCUT2D eigenvalue weighted by Gasteiger charge is -2.02. The van der Waals surface area contributed by atoms with Gasteiger partial charge in [-0.3, -0.25) is 4.98 Å². The van der Waals surface area contributed by atoms with Gasteiger partial charge in [-0.1, -0.05) is 6.07 Å². The van der Waals surface area contributed by atoms with Crippen molar-refractivity contribution in [1.82, 2.24) is 15.0 Å². The van der Waals surface area contributed by atoms with Crippen molar-refractivity contribution >= 4 is 5.95 Å². The first kappa shape index (κ1) is 9.58. The van der Waals surface area contributed by atoms with Crippen LogP contribution in [0.1, 0.15) is 5.69 Å². The molecule has 2 rings (SSSR count). The molecule has 2 aromatic rings. The largest absolute Gasteiger partial charge is 0.357 e. The first-order chi connectivity index (χ1) is 7.29. The van der Waals surface area contributed by atoms with Gasteiger partial charge in [0, 0.05) is 30.7 Å². The Morgan fingerprint density at radius 1 is 1.13 bits per heavy atom. The number of nitrogens with one attached hydrogen (secondary N) is 1. The van der Waals surface area contributed by atoms with Gasteiger partial charge in [0.25, 0.3) is 0 Å². The molecule has 4 nitrogen and oxygen atoms in total. The Labute approximate surface area is 88.4 Å². The number of aryl methyl sites for hydroxylation is 1. The summed E-state index contributed by atoms with van der Waals surface area (Å²) in [6.45, 7) is 1.96. The Hall–Kier alpha value is -1.97. The van der Waals surface area contributed by atoms with Crippen LogP contribution in [0, 0.1) is 6.92 Å². The smallest absolute Gasteiger partial charge is 0.222 e. The maximum Gasteiger partial charge on any atom is 0.222 e. The molecule has 0 radical (unpaired) electrons. The Bertz CT molecular complexity index is 450. The van der Waals surface area contributed by atoms with Crippen LogP contribution in [-0.4, -0.2) is 22.0 Å². The van der Waals surface area contributed by atoms with Gasteiger partial charge in [-0.25, -0.2) is 9.97 Å². The van der Waals surface area contributed by atoms with Gasteiger partial charge >= 0.3 is 0 Å². The molecular weight excluding hydrogens is 188 g/mol. The van der Waals surface area contributed by atoms with E-state index in [4.69, 9.17) is 0 Å². The molecule has 1 N–H and O–H groups in total. The van der Waals surface area contributed by atoms with Gasteiger partial charge < -0.3 is 5.32 Å². The normalized spacial score (nSPS) is 10.0.